The molecule has 0 aliphatic heterocycles. The zero-order chi connectivity index (χ0) is 112. The van der Waals surface area contributed by atoms with Crippen LogP contribution >= 0.6 is 0 Å². The standard InChI is InChI=1S/C16H26.2C15H25N.C14H24N2.C14H23N.2C13H22N2.C12H21N3.8C2H6/c1-10(2)14-9-8-13(7)15(11(3)4)16(14)12(5)6;1-9(2)13-8-16-12(7)14(10(3)4)15(13)11(5)6;1-9(2)13-12(7)8-16-15(11(5)6)14(13)10(3)4;1-8(2)12-11(7)15-16-14(10(5)6)13(12)9(3)4;1-9(2)12-7-8-15-14(11(5)6)13(12)10(3)4;1-8(2)11-12(9(3)4)14-7-15-13(11)10(5)6;1-8(2)11-7-14-15-13(10(5)6)12(11)9(3)4;1-7(2)10-11(8(3)4)13-15-14-12(10)9(5)6;8*1-2/h8-12H,1-7H3;2*8-11H,1-7H3;8-10H,1-7H3;7-11H,1-6H3;2*7-10H,1-6H3;7-9H,1-6H3;8*1-2H3. The SMILES string of the molecule is CC.CC.CC.CC.CC.CC.CC.CC.CC(C)c1ccnc(C(C)C)c1C(C)C.CC(C)c1cnnc(C(C)C)c1C(C)C.CC(C)c1ncnc(C(C)C)c1C(C)C.CC(C)c1nnnc(C(C)C)c1C(C)C.Cc1ccc(C(C)C)c(C(C)C)c1C(C)C.Cc1cnc(C(C)C)c(C(C)C)c1C(C)C.Cc1ncc(C(C)C)c(C(C)C)c1C(C)C.Cc1nnc(C(C)C)c(C(C)C)c1C(C)C. The third kappa shape index (κ3) is 48.7. The molecule has 0 fully saturated rings. The van der Waals surface area contributed by atoms with E-state index in [1.54, 1.807) is 17.5 Å². The first-order valence-corrected chi connectivity index (χ1v) is 56.6. The molecule has 8 aromatic rings. The van der Waals surface area contributed by atoms with Crippen molar-refractivity contribution in [2.75, 3.05) is 0 Å². The average molecular weight is 1940 g/mol. The summed E-state index contributed by atoms with van der Waals surface area (Å²) in [5.74, 6) is 12.6. The molecule has 12 heteroatoms. The van der Waals surface area contributed by atoms with E-state index in [0.717, 1.165) is 22.8 Å². The molecule has 0 N–H and O–H groups in total. The van der Waals surface area contributed by atoms with E-state index in [4.69, 9.17) is 0 Å². The molecule has 7 aromatic heterocycles. The number of pyridine rings is 3. The largest absolute Gasteiger partial charge is 0.261 e. The van der Waals surface area contributed by atoms with E-state index in [-0.39, 0.29) is 0 Å². The molecule has 0 atom stereocenters. The van der Waals surface area contributed by atoms with Gasteiger partial charge in [0.05, 0.1) is 46.1 Å². The summed E-state index contributed by atoms with van der Waals surface area (Å²) in [5.41, 5.74) is 37.8. The van der Waals surface area contributed by atoms with Crippen LogP contribution < -0.4 is 0 Å². The van der Waals surface area contributed by atoms with E-state index >= 15 is 0 Å². The van der Waals surface area contributed by atoms with Crippen molar-refractivity contribution in [1.82, 2.24) is 60.7 Å². The number of aromatic nitrogens is 12. The lowest BCUT2D eigenvalue weighted by Crippen LogP contribution is -2.12. The van der Waals surface area contributed by atoms with Gasteiger partial charge in [0.1, 0.15) is 6.33 Å². The van der Waals surface area contributed by atoms with Crippen LogP contribution in [0.2, 0.25) is 0 Å². The Morgan fingerprint density at radius 3 is 0.721 bits per heavy atom. The Kier molecular flexibility index (Phi) is 83.9. The predicted octanol–water partition coefficient (Wildman–Crippen LogP) is 42.6. The van der Waals surface area contributed by atoms with Gasteiger partial charge in [0.25, 0.3) is 0 Å². The first-order chi connectivity index (χ1) is 65.2. The molecule has 140 heavy (non-hydrogen) atoms. The quantitative estimate of drug-likeness (QED) is 0.0565. The third-order valence-corrected chi connectivity index (χ3v) is 23.2. The lowest BCUT2D eigenvalue weighted by atomic mass is 9.81. The van der Waals surface area contributed by atoms with Crippen molar-refractivity contribution in [3.05, 3.63) is 206 Å². The van der Waals surface area contributed by atoms with Crippen molar-refractivity contribution < 1.29 is 0 Å². The van der Waals surface area contributed by atoms with Crippen LogP contribution in [-0.4, -0.2) is 60.7 Å². The van der Waals surface area contributed by atoms with Gasteiger partial charge in [-0.3, -0.25) is 15.0 Å². The number of hydrogen-bond donors (Lipinski definition) is 0. The van der Waals surface area contributed by atoms with Crippen molar-refractivity contribution >= 4 is 0 Å². The van der Waals surface area contributed by atoms with Crippen LogP contribution in [0, 0.1) is 27.7 Å². The molecule has 0 spiro atoms. The highest BCUT2D eigenvalue weighted by Crippen LogP contribution is 2.41. The highest BCUT2D eigenvalue weighted by Gasteiger charge is 2.27. The minimum Gasteiger partial charge on any atom is -0.261 e. The van der Waals surface area contributed by atoms with Gasteiger partial charge < -0.3 is 0 Å². The maximum atomic E-state index is 4.64. The zero-order valence-electron chi connectivity index (χ0n) is 106. The van der Waals surface area contributed by atoms with Gasteiger partial charge in [0, 0.05) is 41.2 Å². The molecule has 1 aromatic carbocycles. The monoisotopic (exact) mass is 1940 g/mol. The van der Waals surface area contributed by atoms with Crippen LogP contribution in [0.15, 0.2) is 49.3 Å². The number of benzene rings is 1. The molecule has 7 heterocycles. The van der Waals surface area contributed by atoms with E-state index < -0.39 is 0 Å². The third-order valence-electron chi connectivity index (χ3n) is 23.2. The van der Waals surface area contributed by atoms with Crippen LogP contribution in [0.4, 0.5) is 0 Å². The molecule has 0 bridgehead atoms. The summed E-state index contributed by atoms with van der Waals surface area (Å²) in [6, 6.07) is 6.78. The number of hydrogen-bond acceptors (Lipinski definition) is 12. The van der Waals surface area contributed by atoms with Crippen LogP contribution in [0.3, 0.4) is 0 Å². The van der Waals surface area contributed by atoms with Crippen molar-refractivity contribution in [2.24, 2.45) is 0 Å². The maximum Gasteiger partial charge on any atom is 0.115 e. The summed E-state index contributed by atoms with van der Waals surface area (Å²) < 4.78 is 0. The van der Waals surface area contributed by atoms with Crippen LogP contribution in [-0.2, 0) is 0 Å². The Bertz CT molecular complexity index is 3780. The highest BCUT2D eigenvalue weighted by atomic mass is 15.3. The van der Waals surface area contributed by atoms with Crippen LogP contribution in [0.25, 0.3) is 0 Å². The summed E-state index contributed by atoms with van der Waals surface area (Å²) in [5, 5.41) is 29.4. The second kappa shape index (κ2) is 79.2. The Morgan fingerprint density at radius 1 is 0.157 bits per heavy atom. The average Bonchev–Trinajstić information content (AvgIpc) is 0.806. The van der Waals surface area contributed by atoms with Gasteiger partial charge >= 0.3 is 0 Å². The summed E-state index contributed by atoms with van der Waals surface area (Å²) in [6.07, 6.45) is 9.69. The van der Waals surface area contributed by atoms with Crippen LogP contribution in [0.5, 0.6) is 0 Å². The molecule has 0 amide bonds. The molecular weight excluding hydrogens is 1710 g/mol. The summed E-state index contributed by atoms with van der Waals surface area (Å²) in [7, 11) is 0. The molecular formula is C128H236N12. The smallest absolute Gasteiger partial charge is 0.115 e. The summed E-state index contributed by atoms with van der Waals surface area (Å²) in [4.78, 5) is 22.6. The first kappa shape index (κ1) is 148. The molecule has 12 nitrogen and oxygen atoms in total. The lowest BCUT2D eigenvalue weighted by molar-refractivity contribution is 0.641. The van der Waals surface area contributed by atoms with Crippen molar-refractivity contribution in [1.29, 1.82) is 0 Å². The van der Waals surface area contributed by atoms with Gasteiger partial charge in [-0.05, 0) is 276 Å². The molecule has 0 saturated carbocycles. The van der Waals surface area contributed by atoms with Crippen molar-refractivity contribution in [2.45, 2.75) is 613 Å². The molecule has 0 aliphatic carbocycles. The molecule has 0 aliphatic rings. The molecule has 0 saturated heterocycles. The topological polar surface area (TPSA) is 155 Å². The van der Waals surface area contributed by atoms with Gasteiger partial charge in [-0.1, -0.05) is 455 Å². The number of rotatable bonds is 24. The van der Waals surface area contributed by atoms with E-state index in [1.807, 2.05) is 129 Å². The zero-order valence-corrected chi connectivity index (χ0v) is 106. The Hall–Kier alpha value is -7.08. The van der Waals surface area contributed by atoms with Gasteiger partial charge in [0.2, 0.25) is 0 Å². The number of nitrogens with zero attached hydrogens (tertiary/aromatic N) is 12. The van der Waals surface area contributed by atoms with Gasteiger partial charge in [0.15, 0.2) is 0 Å². The van der Waals surface area contributed by atoms with Gasteiger partial charge in [-0.25, -0.2) is 9.97 Å². The highest BCUT2D eigenvalue weighted by molar-refractivity contribution is 5.47. The predicted molar refractivity (Wildman–Crippen MR) is 633 cm³/mol. The Balaban J connectivity index is -0.000000232. The van der Waals surface area contributed by atoms with E-state index in [0.29, 0.717) is 142 Å². The molecule has 8 rings (SSSR count). The summed E-state index contributed by atoms with van der Waals surface area (Å²) >= 11 is 0. The fraction of sp³-hybridized carbons (Fsp3) is 0.719. The minimum atomic E-state index is 0.412. The van der Waals surface area contributed by atoms with E-state index in [1.165, 1.54) is 123 Å². The van der Waals surface area contributed by atoms with Crippen molar-refractivity contribution in [3.63, 3.8) is 0 Å². The first-order valence-electron chi connectivity index (χ1n) is 56.6. The lowest BCUT2D eigenvalue weighted by Gasteiger charge is -2.24. The summed E-state index contributed by atoms with van der Waals surface area (Å²) in [6.45, 7) is 148. The van der Waals surface area contributed by atoms with Gasteiger partial charge in [-0.15, -0.1) is 10.2 Å². The Labute approximate surface area is 874 Å². The fourth-order valence-electron chi connectivity index (χ4n) is 17.8. The minimum absolute atomic E-state index is 0.412. The maximum absolute atomic E-state index is 4.64. The molecule has 0 radical (unpaired) electrons. The van der Waals surface area contributed by atoms with Crippen molar-refractivity contribution in [3.8, 4) is 0 Å². The molecule has 0 unspecified atom stereocenters. The normalized spacial score (nSPS) is 10.8. The number of aryl methyl sites for hydroxylation is 4. The van der Waals surface area contributed by atoms with Crippen LogP contribution in [0.1, 0.15) is 742 Å². The van der Waals surface area contributed by atoms with E-state index in [9.17, 15) is 0 Å². The second-order valence-corrected chi connectivity index (χ2v) is 42.6. The Morgan fingerprint density at radius 2 is 0.407 bits per heavy atom. The van der Waals surface area contributed by atoms with E-state index in [2.05, 4.69) is 445 Å². The molecule has 808 valence electrons. The second-order valence-electron chi connectivity index (χ2n) is 42.6. The van der Waals surface area contributed by atoms with Gasteiger partial charge in [-0.2, -0.15) is 20.4 Å². The fourth-order valence-corrected chi connectivity index (χ4v) is 17.8.